The van der Waals surface area contributed by atoms with Crippen molar-refractivity contribution in [3.63, 3.8) is 0 Å². The van der Waals surface area contributed by atoms with Crippen LogP contribution in [0.3, 0.4) is 0 Å². The minimum atomic E-state index is -3.31. The zero-order valence-electron chi connectivity index (χ0n) is 25.9. The van der Waals surface area contributed by atoms with Crippen LogP contribution in [0.15, 0.2) is 18.2 Å². The Balaban J connectivity index is 1.42. The van der Waals surface area contributed by atoms with E-state index in [1.54, 1.807) is 18.2 Å². The Kier molecular flexibility index (Phi) is 7.81. The number of nitrogens with zero attached hydrogens (tertiary/aromatic N) is 3. The van der Waals surface area contributed by atoms with E-state index in [1.165, 1.54) is 12.0 Å². The molecule has 0 radical (unpaired) electrons. The number of halogens is 2. The number of carbonyl (C=O) groups is 3. The highest BCUT2D eigenvalue weighted by Gasteiger charge is 2.59. The molecule has 2 saturated carbocycles. The molecule has 3 fully saturated rings. The number of aldehydes is 1. The molecule has 44 heavy (non-hydrogen) atoms. The van der Waals surface area contributed by atoms with Gasteiger partial charge in [0.15, 0.2) is 5.69 Å². The van der Waals surface area contributed by atoms with Crippen LogP contribution in [0.5, 0.6) is 11.6 Å². The molecule has 238 valence electrons. The number of amides is 1. The van der Waals surface area contributed by atoms with Gasteiger partial charge in [0.05, 0.1) is 43.1 Å². The summed E-state index contributed by atoms with van der Waals surface area (Å²) in [4.78, 5) is 50.0. The van der Waals surface area contributed by atoms with Crippen LogP contribution >= 0.6 is 0 Å². The Morgan fingerprint density at radius 1 is 1.07 bits per heavy atom. The van der Waals surface area contributed by atoms with Crippen molar-refractivity contribution in [1.29, 1.82) is 0 Å². The standard InChI is InChI=1S/C33H41F2N3O6/c1-6-20-25(16-39)38-15-27(20)44-30-29(36-23-10-9-19(42-5)13-24(23)37-30)33(34,35)21-11-17(21)7-8-18-12-26(18)43-28(40)14-22(31(38)41)32(2,3)4/h9-10,13,16-18,20-22,25-27H,6-8,11-12,14-15H2,1-5H3/t17?,18-,20+,21?,22-,25-,26-,27+/m1/s1. The van der Waals surface area contributed by atoms with Gasteiger partial charge in [0.2, 0.25) is 11.8 Å². The number of ether oxygens (including phenoxy) is 3. The second kappa shape index (κ2) is 11.2. The predicted molar refractivity (Wildman–Crippen MR) is 156 cm³/mol. The first-order valence-corrected chi connectivity index (χ1v) is 15.7. The maximum absolute atomic E-state index is 16.3. The van der Waals surface area contributed by atoms with E-state index in [1.807, 2.05) is 27.7 Å². The number of hydrogen-bond acceptors (Lipinski definition) is 8. The zero-order valence-corrected chi connectivity index (χ0v) is 25.9. The van der Waals surface area contributed by atoms with E-state index < -0.39 is 52.9 Å². The predicted octanol–water partition coefficient (Wildman–Crippen LogP) is 5.33. The van der Waals surface area contributed by atoms with Crippen LogP contribution in [0.1, 0.15) is 71.9 Å². The molecule has 2 unspecified atom stereocenters. The minimum absolute atomic E-state index is 0.0119. The van der Waals surface area contributed by atoms with Crippen molar-refractivity contribution >= 4 is 29.2 Å². The first-order valence-electron chi connectivity index (χ1n) is 15.7. The Bertz CT molecular complexity index is 1460. The molecule has 0 N–H and O–H groups in total. The second-order valence-corrected chi connectivity index (χ2v) is 14.0. The summed E-state index contributed by atoms with van der Waals surface area (Å²) in [5.74, 6) is -6.09. The molecular weight excluding hydrogens is 572 g/mol. The van der Waals surface area contributed by atoms with E-state index in [0.717, 1.165) is 0 Å². The summed E-state index contributed by atoms with van der Waals surface area (Å²) in [5, 5.41) is 0. The Morgan fingerprint density at radius 3 is 2.50 bits per heavy atom. The van der Waals surface area contributed by atoms with E-state index in [4.69, 9.17) is 14.2 Å². The first kappa shape index (κ1) is 30.6. The van der Waals surface area contributed by atoms with Crippen LogP contribution < -0.4 is 9.47 Å². The van der Waals surface area contributed by atoms with Crippen molar-refractivity contribution in [2.24, 2.45) is 35.0 Å². The summed E-state index contributed by atoms with van der Waals surface area (Å²) in [7, 11) is 1.50. The van der Waals surface area contributed by atoms with Gasteiger partial charge in [0.1, 0.15) is 24.2 Å². The Hall–Kier alpha value is -3.37. The van der Waals surface area contributed by atoms with Crippen molar-refractivity contribution in [3.8, 4) is 11.6 Å². The van der Waals surface area contributed by atoms with Crippen LogP contribution in [-0.2, 0) is 25.0 Å². The van der Waals surface area contributed by atoms with E-state index >= 15 is 8.78 Å². The molecule has 1 aromatic carbocycles. The van der Waals surface area contributed by atoms with Gasteiger partial charge in [0, 0.05) is 17.9 Å². The minimum Gasteiger partial charge on any atom is -0.497 e. The molecule has 2 aliphatic heterocycles. The monoisotopic (exact) mass is 613 g/mol. The quantitative estimate of drug-likeness (QED) is 0.338. The molecule has 11 heteroatoms. The molecule has 8 atom stereocenters. The van der Waals surface area contributed by atoms with Gasteiger partial charge in [0.25, 0.3) is 5.92 Å². The molecule has 1 aromatic heterocycles. The fraction of sp³-hybridized carbons (Fsp3) is 0.667. The second-order valence-electron chi connectivity index (χ2n) is 14.0. The third-order valence-electron chi connectivity index (χ3n) is 10.1. The topological polar surface area (TPSA) is 108 Å². The highest BCUT2D eigenvalue weighted by molar-refractivity contribution is 5.87. The normalized spacial score (nSPS) is 33.6. The molecule has 0 spiro atoms. The first-order chi connectivity index (χ1) is 20.8. The van der Waals surface area contributed by atoms with Crippen molar-refractivity contribution < 1.29 is 37.4 Å². The number of benzene rings is 1. The summed E-state index contributed by atoms with van der Waals surface area (Å²) in [5.41, 5.74) is -0.487. The molecule has 2 aliphatic carbocycles. The highest BCUT2D eigenvalue weighted by Crippen LogP contribution is 2.58. The van der Waals surface area contributed by atoms with Gasteiger partial charge in [-0.05, 0) is 61.5 Å². The molecule has 3 heterocycles. The molecule has 2 aromatic rings. The van der Waals surface area contributed by atoms with Crippen molar-refractivity contribution in [2.75, 3.05) is 13.7 Å². The maximum Gasteiger partial charge on any atom is 0.306 e. The van der Waals surface area contributed by atoms with Crippen LogP contribution in [-0.4, -0.2) is 64.9 Å². The van der Waals surface area contributed by atoms with Gasteiger partial charge in [-0.2, -0.15) is 8.78 Å². The van der Waals surface area contributed by atoms with Gasteiger partial charge in [-0.1, -0.05) is 27.7 Å². The largest absolute Gasteiger partial charge is 0.497 e. The van der Waals surface area contributed by atoms with Crippen molar-refractivity contribution in [1.82, 2.24) is 14.9 Å². The summed E-state index contributed by atoms with van der Waals surface area (Å²) in [6.07, 6.45) is 2.38. The SMILES string of the molecule is CC[C@@H]1[C@@H]2CN(C(=O)[C@H](C(C)(C)C)CC(=O)O[C@@H]3C[C@H]3CCC3CC3C(F)(F)c3nc4ccc(OC)cc4nc3O2)[C@@H]1C=O. The zero-order chi connectivity index (χ0) is 31.6. The molecule has 2 bridgehead atoms. The lowest BCUT2D eigenvalue weighted by Gasteiger charge is -2.34. The molecule has 4 aliphatic rings. The number of rotatable bonds is 3. The van der Waals surface area contributed by atoms with Crippen LogP contribution in [0.25, 0.3) is 11.0 Å². The molecule has 1 amide bonds. The van der Waals surface area contributed by atoms with Gasteiger partial charge >= 0.3 is 5.97 Å². The smallest absolute Gasteiger partial charge is 0.306 e. The lowest BCUT2D eigenvalue weighted by molar-refractivity contribution is -0.153. The lowest BCUT2D eigenvalue weighted by atomic mass is 9.77. The van der Waals surface area contributed by atoms with E-state index in [9.17, 15) is 14.4 Å². The number of aromatic nitrogens is 2. The summed E-state index contributed by atoms with van der Waals surface area (Å²) in [6, 6.07) is 4.02. The lowest BCUT2D eigenvalue weighted by Crippen LogP contribution is -2.46. The number of fused-ring (bicyclic) bond motifs is 6. The highest BCUT2D eigenvalue weighted by atomic mass is 19.3. The molecule has 6 rings (SSSR count). The fourth-order valence-corrected chi connectivity index (χ4v) is 7.16. The Morgan fingerprint density at radius 2 is 1.82 bits per heavy atom. The maximum atomic E-state index is 16.3. The summed E-state index contributed by atoms with van der Waals surface area (Å²) >= 11 is 0. The van der Waals surface area contributed by atoms with E-state index in [-0.39, 0.29) is 42.7 Å². The third-order valence-corrected chi connectivity index (χ3v) is 10.1. The van der Waals surface area contributed by atoms with Gasteiger partial charge in [-0.25, -0.2) is 9.97 Å². The Labute approximate surface area is 256 Å². The van der Waals surface area contributed by atoms with Gasteiger partial charge in [-0.15, -0.1) is 0 Å². The number of alkyl halides is 2. The average Bonchev–Trinajstić information content (AvgIpc) is 3.89. The summed E-state index contributed by atoms with van der Waals surface area (Å²) in [6.45, 7) is 7.50. The fourth-order valence-electron chi connectivity index (χ4n) is 7.16. The number of methoxy groups -OCH3 is 1. The van der Waals surface area contributed by atoms with Crippen LogP contribution in [0.4, 0.5) is 8.78 Å². The molecule has 1 saturated heterocycles. The van der Waals surface area contributed by atoms with Gasteiger partial charge < -0.3 is 23.9 Å². The summed E-state index contributed by atoms with van der Waals surface area (Å²) < 4.78 is 50.0. The number of esters is 1. The number of hydrogen-bond donors (Lipinski definition) is 0. The van der Waals surface area contributed by atoms with E-state index in [0.29, 0.717) is 55.2 Å². The van der Waals surface area contributed by atoms with Crippen molar-refractivity contribution in [2.45, 2.75) is 90.4 Å². The molecule has 9 nitrogen and oxygen atoms in total. The molecular formula is C33H41F2N3O6. The number of carbonyl (C=O) groups excluding carboxylic acids is 3. The van der Waals surface area contributed by atoms with E-state index in [2.05, 4.69) is 9.97 Å². The third kappa shape index (κ3) is 5.62. The van der Waals surface area contributed by atoms with Crippen LogP contribution in [0, 0.1) is 35.0 Å². The van der Waals surface area contributed by atoms with Crippen molar-refractivity contribution in [3.05, 3.63) is 23.9 Å². The average molecular weight is 614 g/mol. The van der Waals surface area contributed by atoms with Gasteiger partial charge in [-0.3, -0.25) is 9.59 Å². The van der Waals surface area contributed by atoms with Crippen LogP contribution in [0.2, 0.25) is 0 Å².